The van der Waals surface area contributed by atoms with Crippen molar-refractivity contribution in [1.82, 2.24) is 15.5 Å². The molecule has 1 aromatic heterocycles. The van der Waals surface area contributed by atoms with Crippen LogP contribution in [-0.2, 0) is 17.6 Å². The van der Waals surface area contributed by atoms with E-state index < -0.39 is 0 Å². The van der Waals surface area contributed by atoms with Gasteiger partial charge in [-0.05, 0) is 37.3 Å². The summed E-state index contributed by atoms with van der Waals surface area (Å²) in [5, 5.41) is 6.86. The predicted octanol–water partition coefficient (Wildman–Crippen LogP) is 2.50. The Kier molecular flexibility index (Phi) is 3.99. The monoisotopic (exact) mass is 285 g/mol. The number of benzene rings is 1. The van der Waals surface area contributed by atoms with Gasteiger partial charge in [-0.15, -0.1) is 0 Å². The lowest BCUT2D eigenvalue weighted by molar-refractivity contribution is -0.121. The number of amides is 1. The zero-order valence-corrected chi connectivity index (χ0v) is 12.1. The minimum Gasteiger partial charge on any atom is -0.349 e. The van der Waals surface area contributed by atoms with Crippen LogP contribution in [0, 0.1) is 6.92 Å². The summed E-state index contributed by atoms with van der Waals surface area (Å²) < 4.78 is 5.03. The van der Waals surface area contributed by atoms with Crippen LogP contribution in [0.2, 0.25) is 0 Å². The van der Waals surface area contributed by atoms with Crippen LogP contribution in [-0.4, -0.2) is 16.0 Å². The molecule has 0 fully saturated rings. The summed E-state index contributed by atoms with van der Waals surface area (Å²) in [7, 11) is 0. The molecule has 0 radical (unpaired) electrons. The highest BCUT2D eigenvalue weighted by Crippen LogP contribution is 2.30. The molecule has 1 aliphatic rings. The van der Waals surface area contributed by atoms with Crippen LogP contribution in [0.15, 0.2) is 28.8 Å². The zero-order chi connectivity index (χ0) is 14.7. The molecule has 0 unspecified atom stereocenters. The minimum absolute atomic E-state index is 0.0907. The molecule has 0 aliphatic heterocycles. The van der Waals surface area contributed by atoms with Gasteiger partial charge in [0.2, 0.25) is 11.8 Å². The van der Waals surface area contributed by atoms with Crippen molar-refractivity contribution in [2.24, 2.45) is 0 Å². The molecule has 1 aromatic carbocycles. The topological polar surface area (TPSA) is 68.0 Å². The van der Waals surface area contributed by atoms with E-state index in [9.17, 15) is 4.79 Å². The van der Waals surface area contributed by atoms with E-state index in [2.05, 4.69) is 33.7 Å². The number of fused-ring (bicyclic) bond motifs is 1. The number of hydrogen-bond donors (Lipinski definition) is 1. The number of nitrogens with one attached hydrogen (secondary N) is 1. The van der Waals surface area contributed by atoms with Crippen molar-refractivity contribution in [3.8, 4) is 0 Å². The Morgan fingerprint density at radius 2 is 2.29 bits per heavy atom. The van der Waals surface area contributed by atoms with Gasteiger partial charge >= 0.3 is 0 Å². The molecule has 5 heteroatoms. The summed E-state index contributed by atoms with van der Waals surface area (Å²) in [5.74, 6) is 1.33. The predicted molar refractivity (Wildman–Crippen MR) is 77.6 cm³/mol. The Balaban J connectivity index is 1.47. The van der Waals surface area contributed by atoms with Gasteiger partial charge in [-0.2, -0.15) is 4.98 Å². The summed E-state index contributed by atoms with van der Waals surface area (Å²) in [6, 6.07) is 8.49. The van der Waals surface area contributed by atoms with Crippen LogP contribution >= 0.6 is 0 Å². The zero-order valence-electron chi connectivity index (χ0n) is 12.1. The second kappa shape index (κ2) is 6.08. The molecular weight excluding hydrogens is 266 g/mol. The first-order chi connectivity index (χ1) is 10.2. The molecule has 2 aromatic rings. The molecule has 1 amide bonds. The minimum atomic E-state index is 0.0907. The van der Waals surface area contributed by atoms with E-state index in [0.29, 0.717) is 24.6 Å². The molecule has 0 saturated carbocycles. The van der Waals surface area contributed by atoms with Crippen molar-refractivity contribution in [3.63, 3.8) is 0 Å². The largest absolute Gasteiger partial charge is 0.349 e. The normalized spacial score (nSPS) is 16.7. The van der Waals surface area contributed by atoms with Crippen molar-refractivity contribution in [2.45, 2.75) is 45.1 Å². The smallest absolute Gasteiger partial charge is 0.226 e. The Morgan fingerprint density at radius 3 is 3.10 bits per heavy atom. The number of carbonyl (C=O) groups excluding carboxylic acids is 1. The van der Waals surface area contributed by atoms with E-state index in [-0.39, 0.29) is 11.9 Å². The lowest BCUT2D eigenvalue weighted by Gasteiger charge is -2.13. The summed E-state index contributed by atoms with van der Waals surface area (Å²) in [5.41, 5.74) is 2.61. The lowest BCUT2D eigenvalue weighted by Crippen LogP contribution is -2.26. The van der Waals surface area contributed by atoms with Crippen molar-refractivity contribution in [2.75, 3.05) is 0 Å². The Hall–Kier alpha value is -2.17. The molecule has 1 N–H and O–H groups in total. The van der Waals surface area contributed by atoms with Crippen molar-refractivity contribution in [1.29, 1.82) is 0 Å². The first-order valence-electron chi connectivity index (χ1n) is 7.39. The molecule has 1 aliphatic carbocycles. The molecule has 1 atom stereocenters. The molecule has 5 nitrogen and oxygen atoms in total. The molecule has 1 heterocycles. The molecule has 21 heavy (non-hydrogen) atoms. The SMILES string of the molecule is Cc1noc(CCCC(=O)N[C@@H]2CCc3ccccc32)n1. The highest BCUT2D eigenvalue weighted by Gasteiger charge is 2.23. The van der Waals surface area contributed by atoms with Gasteiger partial charge in [0.1, 0.15) is 0 Å². The van der Waals surface area contributed by atoms with Crippen LogP contribution in [0.5, 0.6) is 0 Å². The maximum absolute atomic E-state index is 12.0. The third-order valence-corrected chi connectivity index (χ3v) is 3.83. The fraction of sp³-hybridized carbons (Fsp3) is 0.438. The van der Waals surface area contributed by atoms with Crippen LogP contribution in [0.1, 0.15) is 48.1 Å². The lowest BCUT2D eigenvalue weighted by atomic mass is 10.1. The molecule has 0 bridgehead atoms. The summed E-state index contributed by atoms with van der Waals surface area (Å²) in [6.45, 7) is 1.79. The molecule has 0 saturated heterocycles. The summed E-state index contributed by atoms with van der Waals surface area (Å²) >= 11 is 0. The van der Waals surface area contributed by atoms with Crippen LogP contribution in [0.25, 0.3) is 0 Å². The Labute approximate surface area is 123 Å². The highest BCUT2D eigenvalue weighted by atomic mass is 16.5. The van der Waals surface area contributed by atoms with E-state index in [0.717, 1.165) is 19.3 Å². The Bertz CT molecular complexity index is 636. The van der Waals surface area contributed by atoms with E-state index in [1.807, 2.05) is 6.07 Å². The molecule has 110 valence electrons. The van der Waals surface area contributed by atoms with E-state index in [1.54, 1.807) is 6.92 Å². The number of nitrogens with zero attached hydrogens (tertiary/aromatic N) is 2. The van der Waals surface area contributed by atoms with Gasteiger partial charge in [0, 0.05) is 12.8 Å². The maximum Gasteiger partial charge on any atom is 0.226 e. The number of hydrogen-bond acceptors (Lipinski definition) is 4. The average molecular weight is 285 g/mol. The number of rotatable bonds is 5. The standard InChI is InChI=1S/C16H19N3O2/c1-11-17-16(21-19-11)8-4-7-15(20)18-14-10-9-12-5-2-3-6-13(12)14/h2-3,5-6,14H,4,7-10H2,1H3,(H,18,20)/t14-/m1/s1. The third kappa shape index (κ3) is 3.29. The van der Waals surface area contributed by atoms with Gasteiger partial charge in [0.25, 0.3) is 0 Å². The first-order valence-corrected chi connectivity index (χ1v) is 7.39. The van der Waals surface area contributed by atoms with Gasteiger partial charge in [0.15, 0.2) is 5.82 Å². The van der Waals surface area contributed by atoms with Gasteiger partial charge in [0.05, 0.1) is 6.04 Å². The van der Waals surface area contributed by atoms with E-state index in [1.165, 1.54) is 11.1 Å². The van der Waals surface area contributed by atoms with Crippen LogP contribution < -0.4 is 5.32 Å². The van der Waals surface area contributed by atoms with Crippen molar-refractivity contribution < 1.29 is 9.32 Å². The van der Waals surface area contributed by atoms with Crippen LogP contribution in [0.4, 0.5) is 0 Å². The molecular formula is C16H19N3O2. The van der Waals surface area contributed by atoms with E-state index in [4.69, 9.17) is 4.52 Å². The second-order valence-electron chi connectivity index (χ2n) is 5.45. The van der Waals surface area contributed by atoms with E-state index >= 15 is 0 Å². The van der Waals surface area contributed by atoms with Crippen molar-refractivity contribution >= 4 is 5.91 Å². The van der Waals surface area contributed by atoms with Crippen LogP contribution in [0.3, 0.4) is 0 Å². The number of aromatic nitrogens is 2. The second-order valence-corrected chi connectivity index (χ2v) is 5.45. The van der Waals surface area contributed by atoms with Gasteiger partial charge in [-0.25, -0.2) is 0 Å². The average Bonchev–Trinajstić information content (AvgIpc) is 3.06. The molecule has 0 spiro atoms. The fourth-order valence-corrected chi connectivity index (χ4v) is 2.82. The maximum atomic E-state index is 12.0. The van der Waals surface area contributed by atoms with Gasteiger partial charge in [-0.3, -0.25) is 4.79 Å². The Morgan fingerprint density at radius 1 is 1.43 bits per heavy atom. The summed E-state index contributed by atoms with van der Waals surface area (Å²) in [4.78, 5) is 16.2. The summed E-state index contributed by atoms with van der Waals surface area (Å²) in [6.07, 6.45) is 3.90. The van der Waals surface area contributed by atoms with Gasteiger partial charge in [-0.1, -0.05) is 29.4 Å². The highest BCUT2D eigenvalue weighted by molar-refractivity contribution is 5.76. The molecule has 3 rings (SSSR count). The number of aryl methyl sites for hydroxylation is 3. The quantitative estimate of drug-likeness (QED) is 0.916. The number of carbonyl (C=O) groups is 1. The van der Waals surface area contributed by atoms with Gasteiger partial charge < -0.3 is 9.84 Å². The third-order valence-electron chi connectivity index (χ3n) is 3.83. The first kappa shape index (κ1) is 13.8. The van der Waals surface area contributed by atoms with Crippen molar-refractivity contribution in [3.05, 3.63) is 47.1 Å². The fourth-order valence-electron chi connectivity index (χ4n) is 2.82.